The summed E-state index contributed by atoms with van der Waals surface area (Å²) in [5, 5.41) is 21.5. The first kappa shape index (κ1) is 25.8. The smallest absolute Gasteiger partial charge is 0.307 e. The van der Waals surface area contributed by atoms with Crippen LogP contribution in [0.4, 0.5) is 5.69 Å². The number of anilines is 1. The van der Waals surface area contributed by atoms with E-state index in [-0.39, 0.29) is 12.7 Å². The fourth-order valence-electron chi connectivity index (χ4n) is 3.63. The van der Waals surface area contributed by atoms with Gasteiger partial charge in [-0.3, -0.25) is 14.4 Å². The highest BCUT2D eigenvalue weighted by Gasteiger charge is 2.23. The maximum atomic E-state index is 11.8. The standard InChI is InChI=1S/C22H22N2O4.C4H10O/c1-12-5-7-15(8-6-12)20-16(10-19(27)28)14(3)21(23-18(26)11-25)22-17(20)9-13(2)24(22)4;1-4(2,3)5/h5-9,11H,10H2,1-4H3,(H,23,26)(H,27,28);5H,1-3H3. The molecule has 7 heteroatoms. The summed E-state index contributed by atoms with van der Waals surface area (Å²) in [5.74, 6) is -1.73. The average Bonchev–Trinajstić information content (AvgIpc) is 2.99. The fourth-order valence-corrected chi connectivity index (χ4v) is 3.63. The third kappa shape index (κ3) is 6.29. The first-order valence-electron chi connectivity index (χ1n) is 10.6. The number of aldehydes is 1. The predicted molar refractivity (Wildman–Crippen MR) is 131 cm³/mol. The Morgan fingerprint density at radius 3 is 2.12 bits per heavy atom. The second kappa shape index (κ2) is 10.0. The van der Waals surface area contributed by atoms with Gasteiger partial charge in [0.1, 0.15) is 0 Å². The van der Waals surface area contributed by atoms with Gasteiger partial charge < -0.3 is 20.1 Å². The van der Waals surface area contributed by atoms with Gasteiger partial charge >= 0.3 is 5.97 Å². The van der Waals surface area contributed by atoms with Crippen LogP contribution in [0.2, 0.25) is 0 Å². The van der Waals surface area contributed by atoms with Gasteiger partial charge in [-0.1, -0.05) is 29.8 Å². The van der Waals surface area contributed by atoms with E-state index >= 15 is 0 Å². The number of aliphatic hydroxyl groups is 1. The normalized spacial score (nSPS) is 11.0. The van der Waals surface area contributed by atoms with Crippen molar-refractivity contribution < 1.29 is 24.6 Å². The molecule has 0 saturated carbocycles. The molecule has 0 atom stereocenters. The number of fused-ring (bicyclic) bond motifs is 1. The molecule has 0 aliphatic carbocycles. The molecule has 0 unspecified atom stereocenters. The molecule has 7 nitrogen and oxygen atoms in total. The first-order chi connectivity index (χ1) is 15.2. The Balaban J connectivity index is 0.000000696. The van der Waals surface area contributed by atoms with E-state index in [9.17, 15) is 19.5 Å². The molecule has 3 N–H and O–H groups in total. The molecule has 0 saturated heterocycles. The van der Waals surface area contributed by atoms with Gasteiger partial charge in [0.25, 0.3) is 5.91 Å². The monoisotopic (exact) mass is 452 g/mol. The summed E-state index contributed by atoms with van der Waals surface area (Å²) in [6.45, 7) is 10.9. The van der Waals surface area contributed by atoms with E-state index in [1.165, 1.54) is 0 Å². The molecule has 3 rings (SSSR count). The Bertz CT molecular complexity index is 1190. The van der Waals surface area contributed by atoms with Crippen LogP contribution in [0, 0.1) is 20.8 Å². The van der Waals surface area contributed by atoms with Crippen LogP contribution in [0.1, 0.15) is 43.2 Å². The molecule has 3 aromatic rings. The van der Waals surface area contributed by atoms with E-state index in [4.69, 9.17) is 5.11 Å². The zero-order valence-electron chi connectivity index (χ0n) is 20.2. The summed E-state index contributed by atoms with van der Waals surface area (Å²) in [6.07, 6.45) is 0.0225. The molecular formula is C26H32N2O5. The first-order valence-corrected chi connectivity index (χ1v) is 10.6. The van der Waals surface area contributed by atoms with Gasteiger partial charge in [0.05, 0.1) is 23.2 Å². The van der Waals surface area contributed by atoms with Crippen LogP contribution >= 0.6 is 0 Å². The maximum Gasteiger partial charge on any atom is 0.307 e. The van der Waals surface area contributed by atoms with E-state index in [1.807, 2.05) is 55.8 Å². The summed E-state index contributed by atoms with van der Waals surface area (Å²) < 4.78 is 1.94. The largest absolute Gasteiger partial charge is 0.481 e. The molecule has 1 heterocycles. The number of hydrogen-bond donors (Lipinski definition) is 3. The van der Waals surface area contributed by atoms with Crippen LogP contribution in [0.5, 0.6) is 0 Å². The summed E-state index contributed by atoms with van der Waals surface area (Å²) in [5.41, 5.74) is 5.80. The molecule has 33 heavy (non-hydrogen) atoms. The zero-order valence-corrected chi connectivity index (χ0v) is 20.2. The number of aryl methyl sites for hydroxylation is 3. The van der Waals surface area contributed by atoms with Crippen LogP contribution in [0.15, 0.2) is 30.3 Å². The molecule has 0 spiro atoms. The Hall–Kier alpha value is -3.45. The van der Waals surface area contributed by atoms with Crippen molar-refractivity contribution >= 4 is 34.8 Å². The van der Waals surface area contributed by atoms with Gasteiger partial charge in [0.2, 0.25) is 6.29 Å². The number of carbonyl (C=O) groups excluding carboxylic acids is 2. The third-order valence-corrected chi connectivity index (χ3v) is 5.13. The summed E-state index contributed by atoms with van der Waals surface area (Å²) >= 11 is 0. The quantitative estimate of drug-likeness (QED) is 0.395. The van der Waals surface area contributed by atoms with E-state index < -0.39 is 17.5 Å². The lowest BCUT2D eigenvalue weighted by atomic mass is 9.89. The molecule has 0 fully saturated rings. The number of nitrogens with one attached hydrogen (secondary N) is 1. The number of aromatic nitrogens is 1. The minimum Gasteiger partial charge on any atom is -0.481 e. The lowest BCUT2D eigenvalue weighted by molar-refractivity contribution is -0.136. The summed E-state index contributed by atoms with van der Waals surface area (Å²) in [4.78, 5) is 34.3. The van der Waals surface area contributed by atoms with Crippen molar-refractivity contribution in [3.05, 3.63) is 52.7 Å². The van der Waals surface area contributed by atoms with Crippen molar-refractivity contribution in [2.45, 2.75) is 53.6 Å². The highest BCUT2D eigenvalue weighted by atomic mass is 16.4. The van der Waals surface area contributed by atoms with Gasteiger partial charge in [-0.2, -0.15) is 0 Å². The van der Waals surface area contributed by atoms with Crippen molar-refractivity contribution in [1.82, 2.24) is 4.57 Å². The van der Waals surface area contributed by atoms with Gasteiger partial charge in [-0.05, 0) is 69.9 Å². The Morgan fingerprint density at radius 1 is 1.09 bits per heavy atom. The highest BCUT2D eigenvalue weighted by molar-refractivity contribution is 6.31. The minimum absolute atomic E-state index is 0.192. The Labute approximate surface area is 194 Å². The molecule has 0 aliphatic rings. The highest BCUT2D eigenvalue weighted by Crippen LogP contribution is 2.41. The minimum atomic E-state index is -0.962. The van der Waals surface area contributed by atoms with E-state index in [1.54, 1.807) is 27.7 Å². The van der Waals surface area contributed by atoms with E-state index in [0.717, 1.165) is 33.3 Å². The molecule has 2 aromatic carbocycles. The molecule has 0 radical (unpaired) electrons. The lowest BCUT2D eigenvalue weighted by Gasteiger charge is -2.19. The fraction of sp³-hybridized carbons (Fsp3) is 0.346. The number of amides is 1. The topological polar surface area (TPSA) is 109 Å². The molecule has 176 valence electrons. The molecule has 1 aromatic heterocycles. The van der Waals surface area contributed by atoms with Crippen molar-refractivity contribution in [3.63, 3.8) is 0 Å². The summed E-state index contributed by atoms with van der Waals surface area (Å²) in [6, 6.07) is 9.89. The van der Waals surface area contributed by atoms with Gasteiger partial charge in [-0.15, -0.1) is 0 Å². The molecule has 1 amide bonds. The third-order valence-electron chi connectivity index (χ3n) is 5.13. The van der Waals surface area contributed by atoms with Crippen LogP contribution in [-0.2, 0) is 27.9 Å². The predicted octanol–water partition coefficient (Wildman–Crippen LogP) is 4.31. The molecule has 0 bridgehead atoms. The van der Waals surface area contributed by atoms with Crippen molar-refractivity contribution in [2.75, 3.05) is 5.32 Å². The lowest BCUT2D eigenvalue weighted by Crippen LogP contribution is -2.16. The zero-order chi connectivity index (χ0) is 25.1. The van der Waals surface area contributed by atoms with Crippen LogP contribution < -0.4 is 5.32 Å². The van der Waals surface area contributed by atoms with Gasteiger partial charge in [0.15, 0.2) is 0 Å². The van der Waals surface area contributed by atoms with Gasteiger partial charge in [-0.25, -0.2) is 0 Å². The van der Waals surface area contributed by atoms with Crippen LogP contribution in [0.25, 0.3) is 22.0 Å². The van der Waals surface area contributed by atoms with E-state index in [0.29, 0.717) is 16.8 Å². The number of carbonyl (C=O) groups is 3. The number of carboxylic acid groups (broad SMARTS) is 1. The van der Waals surface area contributed by atoms with Crippen LogP contribution in [-0.4, -0.2) is 38.5 Å². The van der Waals surface area contributed by atoms with Crippen molar-refractivity contribution in [1.29, 1.82) is 0 Å². The number of hydrogen-bond acceptors (Lipinski definition) is 4. The van der Waals surface area contributed by atoms with Crippen molar-refractivity contribution in [3.8, 4) is 11.1 Å². The van der Waals surface area contributed by atoms with Crippen LogP contribution in [0.3, 0.4) is 0 Å². The average molecular weight is 453 g/mol. The number of nitrogens with zero attached hydrogens (tertiary/aromatic N) is 1. The second-order valence-corrected chi connectivity index (χ2v) is 9.18. The SMILES string of the molecule is CC(C)(C)O.Cc1ccc(-c2c(CC(=O)O)c(C)c(NC(=O)C=O)c3c2cc(C)n3C)cc1. The number of benzene rings is 2. The Kier molecular flexibility index (Phi) is 7.82. The van der Waals surface area contributed by atoms with E-state index in [2.05, 4.69) is 5.32 Å². The molecule has 0 aliphatic heterocycles. The van der Waals surface area contributed by atoms with Gasteiger partial charge in [0, 0.05) is 18.1 Å². The number of carboxylic acids is 1. The number of rotatable bonds is 5. The van der Waals surface area contributed by atoms with Crippen molar-refractivity contribution in [2.24, 2.45) is 7.05 Å². The Morgan fingerprint density at radius 2 is 1.64 bits per heavy atom. The maximum absolute atomic E-state index is 11.8. The second-order valence-electron chi connectivity index (χ2n) is 9.18. The summed E-state index contributed by atoms with van der Waals surface area (Å²) in [7, 11) is 1.88. The number of aliphatic carboxylic acids is 1. The molecular weight excluding hydrogens is 420 g/mol.